The van der Waals surface area contributed by atoms with Gasteiger partial charge in [-0.2, -0.15) is 0 Å². The summed E-state index contributed by atoms with van der Waals surface area (Å²) in [5, 5.41) is 10.8. The first-order chi connectivity index (χ1) is 24.1. The third-order valence-electron chi connectivity index (χ3n) is 11.2. The van der Waals surface area contributed by atoms with E-state index in [1.807, 2.05) is 75.4 Å². The van der Waals surface area contributed by atoms with Gasteiger partial charge >= 0.3 is 0 Å². The molecule has 6 atom stereocenters. The standard InChI is InChI=1S/C41H56N4O5/c1-8-24-43(27-30-16-14-13-15-17-30)37(47)34-35-38(48)45(33(28-46)26-29(6)7)36(41(35)23-22-40(34,10-3)50-41)39(49)44(25-9-2)32-20-18-31(19-21-32)42(11-4)12-5/h8-9,13-21,29,33-36,46H,1-2,10-12,22-28H2,3-7H3/t33-,34-,35+,36?,40+,41?/m1/s1. The van der Waals surface area contributed by atoms with Crippen LogP contribution in [-0.2, 0) is 25.7 Å². The Balaban J connectivity index is 1.61. The van der Waals surface area contributed by atoms with Gasteiger partial charge in [0.25, 0.3) is 5.91 Å². The molecule has 3 fully saturated rings. The third-order valence-corrected chi connectivity index (χ3v) is 11.2. The van der Waals surface area contributed by atoms with Crippen LogP contribution in [0.1, 0.15) is 65.9 Å². The molecule has 1 spiro atoms. The summed E-state index contributed by atoms with van der Waals surface area (Å²) in [6, 6.07) is 16.1. The summed E-state index contributed by atoms with van der Waals surface area (Å²) in [5.74, 6) is -2.23. The number of fused-ring (bicyclic) bond motifs is 1. The van der Waals surface area contributed by atoms with E-state index in [1.54, 1.807) is 26.9 Å². The molecule has 9 nitrogen and oxygen atoms in total. The zero-order valence-electron chi connectivity index (χ0n) is 30.6. The normalized spacial score (nSPS) is 25.8. The van der Waals surface area contributed by atoms with E-state index in [2.05, 4.69) is 31.9 Å². The summed E-state index contributed by atoms with van der Waals surface area (Å²) in [4.78, 5) is 52.3. The second-order valence-corrected chi connectivity index (χ2v) is 14.5. The highest BCUT2D eigenvalue weighted by Gasteiger charge is 2.79. The van der Waals surface area contributed by atoms with Crippen LogP contribution >= 0.6 is 0 Å². The van der Waals surface area contributed by atoms with Crippen LogP contribution in [0.3, 0.4) is 0 Å². The Hall–Kier alpha value is -3.95. The van der Waals surface area contributed by atoms with Crippen LogP contribution in [0, 0.1) is 17.8 Å². The fraction of sp³-hybridized carbons (Fsp3) is 0.537. The van der Waals surface area contributed by atoms with Gasteiger partial charge in [-0.15, -0.1) is 13.2 Å². The van der Waals surface area contributed by atoms with Crippen LogP contribution in [0.25, 0.3) is 0 Å². The maximum Gasteiger partial charge on any atom is 0.253 e. The molecule has 50 heavy (non-hydrogen) atoms. The van der Waals surface area contributed by atoms with Crippen molar-refractivity contribution in [2.45, 2.75) is 90.1 Å². The van der Waals surface area contributed by atoms with E-state index in [1.165, 1.54) is 0 Å². The van der Waals surface area contributed by atoms with Crippen molar-refractivity contribution in [2.24, 2.45) is 17.8 Å². The molecule has 3 saturated heterocycles. The Morgan fingerprint density at radius 2 is 1.60 bits per heavy atom. The van der Waals surface area contributed by atoms with Crippen LogP contribution in [0.5, 0.6) is 0 Å². The fourth-order valence-electron chi connectivity index (χ4n) is 8.94. The van der Waals surface area contributed by atoms with Gasteiger partial charge in [0, 0.05) is 44.1 Å². The van der Waals surface area contributed by atoms with E-state index in [9.17, 15) is 9.90 Å². The molecule has 3 heterocycles. The quantitative estimate of drug-likeness (QED) is 0.211. The zero-order chi connectivity index (χ0) is 36.2. The number of benzene rings is 2. The molecule has 5 rings (SSSR count). The lowest BCUT2D eigenvalue weighted by Gasteiger charge is -2.40. The van der Waals surface area contributed by atoms with E-state index in [0.717, 1.165) is 24.3 Å². The second-order valence-electron chi connectivity index (χ2n) is 14.5. The number of nitrogens with zero attached hydrogens (tertiary/aromatic N) is 4. The largest absolute Gasteiger partial charge is 0.394 e. The van der Waals surface area contributed by atoms with E-state index in [4.69, 9.17) is 4.74 Å². The monoisotopic (exact) mass is 684 g/mol. The molecule has 2 aromatic rings. The number of carbonyl (C=O) groups excluding carboxylic acids is 3. The Kier molecular flexibility index (Phi) is 11.6. The topological polar surface area (TPSA) is 93.6 Å². The number of rotatable bonds is 17. The van der Waals surface area contributed by atoms with Gasteiger partial charge in [0.05, 0.1) is 30.1 Å². The summed E-state index contributed by atoms with van der Waals surface area (Å²) >= 11 is 0. The molecular weight excluding hydrogens is 628 g/mol. The van der Waals surface area contributed by atoms with Crippen LogP contribution in [0.2, 0.25) is 0 Å². The van der Waals surface area contributed by atoms with Crippen molar-refractivity contribution in [2.75, 3.05) is 42.6 Å². The van der Waals surface area contributed by atoms with Crippen molar-refractivity contribution in [3.8, 4) is 0 Å². The maximum atomic E-state index is 15.2. The lowest BCUT2D eigenvalue weighted by atomic mass is 9.64. The summed E-state index contributed by atoms with van der Waals surface area (Å²) in [5.41, 5.74) is 0.611. The molecule has 270 valence electrons. The fourth-order valence-corrected chi connectivity index (χ4v) is 8.94. The highest BCUT2D eigenvalue weighted by Crippen LogP contribution is 2.65. The average Bonchev–Trinajstić information content (AvgIpc) is 3.73. The molecule has 0 radical (unpaired) electrons. The van der Waals surface area contributed by atoms with Crippen molar-refractivity contribution in [1.29, 1.82) is 0 Å². The van der Waals surface area contributed by atoms with Crippen molar-refractivity contribution in [3.05, 3.63) is 85.5 Å². The minimum atomic E-state index is -1.22. The van der Waals surface area contributed by atoms with Gasteiger partial charge in [0.2, 0.25) is 11.8 Å². The minimum Gasteiger partial charge on any atom is -0.394 e. The highest BCUT2D eigenvalue weighted by molar-refractivity contribution is 6.05. The number of amides is 3. The number of likely N-dealkylation sites (tertiary alicyclic amines) is 1. The van der Waals surface area contributed by atoms with E-state index < -0.39 is 35.1 Å². The summed E-state index contributed by atoms with van der Waals surface area (Å²) in [7, 11) is 0. The van der Waals surface area contributed by atoms with E-state index >= 15 is 9.59 Å². The van der Waals surface area contributed by atoms with Crippen molar-refractivity contribution in [3.63, 3.8) is 0 Å². The first-order valence-corrected chi connectivity index (χ1v) is 18.4. The predicted octanol–water partition coefficient (Wildman–Crippen LogP) is 5.83. The third kappa shape index (κ3) is 6.50. The summed E-state index contributed by atoms with van der Waals surface area (Å²) < 4.78 is 7.11. The van der Waals surface area contributed by atoms with Gasteiger partial charge in [-0.05, 0) is 75.3 Å². The molecule has 2 aromatic carbocycles. The van der Waals surface area contributed by atoms with Crippen LogP contribution < -0.4 is 9.80 Å². The van der Waals surface area contributed by atoms with Gasteiger partial charge in [0.15, 0.2) is 0 Å². The summed E-state index contributed by atoms with van der Waals surface area (Å²) in [6.07, 6.45) is 5.46. The van der Waals surface area contributed by atoms with E-state index in [-0.39, 0.29) is 36.8 Å². The van der Waals surface area contributed by atoms with E-state index in [0.29, 0.717) is 44.5 Å². The molecule has 3 aliphatic rings. The second kappa shape index (κ2) is 15.5. The number of ether oxygens (including phenoxy) is 1. The highest BCUT2D eigenvalue weighted by atomic mass is 16.5. The lowest BCUT2D eigenvalue weighted by molar-refractivity contribution is -0.154. The van der Waals surface area contributed by atoms with Gasteiger partial charge in [-0.1, -0.05) is 63.3 Å². The SMILES string of the molecule is C=CCN(Cc1ccccc1)C(=O)[C@H]1[C@H]2C(=O)N([C@@H](CO)CC(C)C)C(C(=O)N(CC=C)c3ccc(N(CC)CC)cc3)C23CC[C@]1(CC)O3. The minimum absolute atomic E-state index is 0.149. The van der Waals surface area contributed by atoms with Crippen LogP contribution in [-0.4, -0.2) is 88.7 Å². The molecule has 0 aliphatic carbocycles. The lowest BCUT2D eigenvalue weighted by Crippen LogP contribution is -2.59. The Bertz CT molecular complexity index is 1530. The molecule has 1 N–H and O–H groups in total. The predicted molar refractivity (Wildman–Crippen MR) is 199 cm³/mol. The molecule has 3 aliphatic heterocycles. The first-order valence-electron chi connectivity index (χ1n) is 18.4. The molecule has 3 amide bonds. The van der Waals surface area contributed by atoms with Crippen molar-refractivity contribution in [1.82, 2.24) is 9.80 Å². The number of anilines is 2. The molecule has 0 aromatic heterocycles. The summed E-state index contributed by atoms with van der Waals surface area (Å²) in [6.45, 7) is 20.5. The van der Waals surface area contributed by atoms with Crippen LogP contribution in [0.15, 0.2) is 79.9 Å². The number of aliphatic hydroxyl groups is 1. The molecule has 9 heteroatoms. The number of aliphatic hydroxyl groups excluding tert-OH is 1. The van der Waals surface area contributed by atoms with Gasteiger partial charge in [-0.25, -0.2) is 0 Å². The average molecular weight is 685 g/mol. The zero-order valence-corrected chi connectivity index (χ0v) is 30.6. The molecule has 0 saturated carbocycles. The Morgan fingerprint density at radius 3 is 2.16 bits per heavy atom. The van der Waals surface area contributed by atoms with Crippen molar-refractivity contribution >= 4 is 29.1 Å². The van der Waals surface area contributed by atoms with Gasteiger partial charge in [0.1, 0.15) is 11.6 Å². The van der Waals surface area contributed by atoms with Crippen LogP contribution in [0.4, 0.5) is 11.4 Å². The molecule has 2 unspecified atom stereocenters. The Labute approximate surface area is 298 Å². The maximum absolute atomic E-state index is 15.2. The van der Waals surface area contributed by atoms with Crippen molar-refractivity contribution < 1.29 is 24.2 Å². The van der Waals surface area contributed by atoms with Gasteiger partial charge in [-0.3, -0.25) is 14.4 Å². The number of carbonyl (C=O) groups is 3. The number of hydrogen-bond donors (Lipinski definition) is 1. The smallest absolute Gasteiger partial charge is 0.253 e. The molecular formula is C41H56N4O5. The Morgan fingerprint density at radius 1 is 0.960 bits per heavy atom. The molecule has 2 bridgehead atoms. The number of hydrogen-bond acceptors (Lipinski definition) is 6. The first kappa shape index (κ1) is 37.3. The van der Waals surface area contributed by atoms with Gasteiger partial charge < -0.3 is 29.4 Å².